The van der Waals surface area contributed by atoms with Gasteiger partial charge in [-0.3, -0.25) is 4.79 Å². The minimum Gasteiger partial charge on any atom is -0.465 e. The first-order valence-electron chi connectivity index (χ1n) is 5.61. The molecule has 0 radical (unpaired) electrons. The maximum absolute atomic E-state index is 11.8. The van der Waals surface area contributed by atoms with E-state index in [4.69, 9.17) is 4.74 Å². The summed E-state index contributed by atoms with van der Waals surface area (Å²) in [6, 6.07) is 7.45. The number of carbonyl (C=O) groups is 2. The average Bonchev–Trinajstić information content (AvgIpc) is 2.66. The Labute approximate surface area is 119 Å². The highest BCUT2D eigenvalue weighted by Crippen LogP contribution is 2.25. The molecule has 1 aliphatic rings. The second-order valence-corrected chi connectivity index (χ2v) is 4.97. The Morgan fingerprint density at radius 2 is 1.95 bits per heavy atom. The van der Waals surface area contributed by atoms with Crippen molar-refractivity contribution in [2.45, 2.75) is 6.92 Å². The van der Waals surface area contributed by atoms with E-state index in [-0.39, 0.29) is 11.5 Å². The van der Waals surface area contributed by atoms with E-state index in [9.17, 15) is 9.59 Å². The van der Waals surface area contributed by atoms with Crippen LogP contribution < -0.4 is 5.32 Å². The Hall–Kier alpha value is -1.88. The zero-order valence-electron chi connectivity index (χ0n) is 10.5. The largest absolute Gasteiger partial charge is 0.465 e. The standard InChI is InChI=1S/C14H12BrNO3/c1-8-12(14(18)19-2)11(13(17)16-8)7-9-3-5-10(15)6-4-9/h3-7H,1-2H3,(H,16,17). The first-order chi connectivity index (χ1) is 9.02. The summed E-state index contributed by atoms with van der Waals surface area (Å²) in [4.78, 5) is 23.6. The molecule has 98 valence electrons. The van der Waals surface area contributed by atoms with E-state index in [1.807, 2.05) is 24.3 Å². The summed E-state index contributed by atoms with van der Waals surface area (Å²) in [5, 5.41) is 2.63. The number of carbonyl (C=O) groups excluding carboxylic acids is 2. The third-order valence-corrected chi connectivity index (χ3v) is 3.29. The molecule has 0 spiro atoms. The van der Waals surface area contributed by atoms with Crippen molar-refractivity contribution in [1.29, 1.82) is 0 Å². The highest BCUT2D eigenvalue weighted by molar-refractivity contribution is 9.10. The van der Waals surface area contributed by atoms with Crippen molar-refractivity contribution in [2.75, 3.05) is 7.11 Å². The van der Waals surface area contributed by atoms with Crippen LogP contribution in [0.4, 0.5) is 0 Å². The summed E-state index contributed by atoms with van der Waals surface area (Å²) in [5.41, 5.74) is 1.96. The average molecular weight is 322 g/mol. The van der Waals surface area contributed by atoms with Gasteiger partial charge in [0.2, 0.25) is 0 Å². The summed E-state index contributed by atoms with van der Waals surface area (Å²) >= 11 is 3.34. The molecule has 19 heavy (non-hydrogen) atoms. The Balaban J connectivity index is 2.44. The topological polar surface area (TPSA) is 55.4 Å². The van der Waals surface area contributed by atoms with Gasteiger partial charge >= 0.3 is 5.97 Å². The van der Waals surface area contributed by atoms with E-state index in [1.54, 1.807) is 13.0 Å². The SMILES string of the molecule is COC(=O)C1=C(C)NC(=O)C1=Cc1ccc(Br)cc1. The van der Waals surface area contributed by atoms with Gasteiger partial charge in [-0.2, -0.15) is 0 Å². The lowest BCUT2D eigenvalue weighted by Crippen LogP contribution is -2.15. The van der Waals surface area contributed by atoms with Crippen LogP contribution in [0.3, 0.4) is 0 Å². The quantitative estimate of drug-likeness (QED) is 0.672. The number of nitrogens with one attached hydrogen (secondary N) is 1. The van der Waals surface area contributed by atoms with Gasteiger partial charge in [0, 0.05) is 10.2 Å². The number of hydrogen-bond donors (Lipinski definition) is 1. The molecule has 0 unspecified atom stereocenters. The molecule has 4 nitrogen and oxygen atoms in total. The fourth-order valence-electron chi connectivity index (χ4n) is 1.84. The van der Waals surface area contributed by atoms with Crippen molar-refractivity contribution in [2.24, 2.45) is 0 Å². The molecule has 1 N–H and O–H groups in total. The number of hydrogen-bond acceptors (Lipinski definition) is 3. The van der Waals surface area contributed by atoms with Gasteiger partial charge in [-0.1, -0.05) is 28.1 Å². The molecule has 0 fully saturated rings. The lowest BCUT2D eigenvalue weighted by molar-refractivity contribution is -0.136. The van der Waals surface area contributed by atoms with Crippen LogP contribution in [-0.2, 0) is 14.3 Å². The van der Waals surface area contributed by atoms with Crippen LogP contribution in [0.2, 0.25) is 0 Å². The Bertz CT molecular complexity index is 600. The molecule has 0 saturated heterocycles. The number of esters is 1. The molecule has 1 heterocycles. The third-order valence-electron chi connectivity index (χ3n) is 2.76. The molecule has 5 heteroatoms. The molecule has 1 amide bonds. The number of halogens is 1. The maximum atomic E-state index is 11.8. The molecule has 0 aliphatic carbocycles. The Morgan fingerprint density at radius 1 is 1.32 bits per heavy atom. The maximum Gasteiger partial charge on any atom is 0.340 e. The second-order valence-electron chi connectivity index (χ2n) is 4.06. The second kappa shape index (κ2) is 5.40. The van der Waals surface area contributed by atoms with Gasteiger partial charge in [-0.25, -0.2) is 4.79 Å². The molecule has 0 saturated carbocycles. The number of ether oxygens (including phenoxy) is 1. The minimum absolute atomic E-state index is 0.287. The smallest absolute Gasteiger partial charge is 0.340 e. The number of rotatable bonds is 2. The van der Waals surface area contributed by atoms with Crippen molar-refractivity contribution >= 4 is 33.9 Å². The van der Waals surface area contributed by atoms with Crippen LogP contribution in [0.15, 0.2) is 45.6 Å². The van der Waals surface area contributed by atoms with Crippen LogP contribution in [0, 0.1) is 0 Å². The van der Waals surface area contributed by atoms with Gasteiger partial charge in [0.05, 0.1) is 18.3 Å². The summed E-state index contributed by atoms with van der Waals surface area (Å²) in [5.74, 6) is -0.806. The fourth-order valence-corrected chi connectivity index (χ4v) is 2.11. The zero-order valence-corrected chi connectivity index (χ0v) is 12.1. The van der Waals surface area contributed by atoms with Crippen LogP contribution in [0.1, 0.15) is 12.5 Å². The van der Waals surface area contributed by atoms with Crippen LogP contribution in [-0.4, -0.2) is 19.0 Å². The first-order valence-corrected chi connectivity index (χ1v) is 6.40. The predicted molar refractivity (Wildman–Crippen MR) is 75.0 cm³/mol. The number of amides is 1. The molecular formula is C14H12BrNO3. The van der Waals surface area contributed by atoms with Crippen molar-refractivity contribution in [3.63, 3.8) is 0 Å². The summed E-state index contributed by atoms with van der Waals surface area (Å²) in [6.07, 6.45) is 1.67. The number of methoxy groups -OCH3 is 1. The van der Waals surface area contributed by atoms with E-state index < -0.39 is 5.97 Å². The van der Waals surface area contributed by atoms with E-state index in [0.717, 1.165) is 10.0 Å². The Kier molecular flexibility index (Phi) is 3.85. The van der Waals surface area contributed by atoms with E-state index >= 15 is 0 Å². The predicted octanol–water partition coefficient (Wildman–Crippen LogP) is 2.41. The monoisotopic (exact) mass is 321 g/mol. The molecule has 2 rings (SSSR count). The van der Waals surface area contributed by atoms with Crippen LogP contribution in [0.25, 0.3) is 6.08 Å². The highest BCUT2D eigenvalue weighted by atomic mass is 79.9. The lowest BCUT2D eigenvalue weighted by Gasteiger charge is -2.02. The highest BCUT2D eigenvalue weighted by Gasteiger charge is 2.30. The molecule has 1 aromatic carbocycles. The van der Waals surface area contributed by atoms with Crippen molar-refractivity contribution in [1.82, 2.24) is 5.32 Å². The van der Waals surface area contributed by atoms with E-state index in [0.29, 0.717) is 11.3 Å². The molecule has 1 aliphatic heterocycles. The first kappa shape index (κ1) is 13.5. The normalized spacial score (nSPS) is 16.8. The van der Waals surface area contributed by atoms with Crippen LogP contribution >= 0.6 is 15.9 Å². The van der Waals surface area contributed by atoms with Gasteiger partial charge in [0.15, 0.2) is 0 Å². The zero-order chi connectivity index (χ0) is 14.0. The van der Waals surface area contributed by atoms with Gasteiger partial charge in [-0.15, -0.1) is 0 Å². The van der Waals surface area contributed by atoms with E-state index in [1.165, 1.54) is 7.11 Å². The summed E-state index contributed by atoms with van der Waals surface area (Å²) in [7, 11) is 1.29. The van der Waals surface area contributed by atoms with Crippen molar-refractivity contribution in [3.8, 4) is 0 Å². The van der Waals surface area contributed by atoms with Crippen molar-refractivity contribution < 1.29 is 14.3 Å². The minimum atomic E-state index is -0.515. The fraction of sp³-hybridized carbons (Fsp3) is 0.143. The summed E-state index contributed by atoms with van der Waals surface area (Å²) in [6.45, 7) is 1.67. The molecule has 0 atom stereocenters. The molecule has 1 aromatic rings. The summed E-state index contributed by atoms with van der Waals surface area (Å²) < 4.78 is 5.65. The third kappa shape index (κ3) is 2.76. The van der Waals surface area contributed by atoms with Gasteiger partial charge in [0.1, 0.15) is 0 Å². The van der Waals surface area contributed by atoms with Gasteiger partial charge < -0.3 is 10.1 Å². The number of allylic oxidation sites excluding steroid dienone is 1. The number of benzene rings is 1. The van der Waals surface area contributed by atoms with Gasteiger partial charge in [0.25, 0.3) is 5.91 Å². The van der Waals surface area contributed by atoms with Crippen LogP contribution in [0.5, 0.6) is 0 Å². The lowest BCUT2D eigenvalue weighted by atomic mass is 10.0. The Morgan fingerprint density at radius 3 is 2.53 bits per heavy atom. The molecule has 0 aromatic heterocycles. The molecular weight excluding hydrogens is 310 g/mol. The van der Waals surface area contributed by atoms with Crippen molar-refractivity contribution in [3.05, 3.63) is 51.1 Å². The van der Waals surface area contributed by atoms with Gasteiger partial charge in [-0.05, 0) is 30.7 Å². The molecule has 0 bridgehead atoms. The van der Waals surface area contributed by atoms with E-state index in [2.05, 4.69) is 21.2 Å².